The maximum absolute atomic E-state index is 12.1. The number of nitrogens with zero attached hydrogens (tertiary/aromatic N) is 2. The molecule has 0 saturated carbocycles. The number of aromatic nitrogens is 2. The summed E-state index contributed by atoms with van der Waals surface area (Å²) in [4.78, 5) is 20.7. The highest BCUT2D eigenvalue weighted by Crippen LogP contribution is 2.25. The zero-order valence-corrected chi connectivity index (χ0v) is 14.6. The number of thiazole rings is 1. The van der Waals surface area contributed by atoms with Crippen molar-refractivity contribution in [1.82, 2.24) is 9.97 Å². The van der Waals surface area contributed by atoms with Crippen LogP contribution in [0.15, 0.2) is 69.7 Å². The molecular weight excluding hydrogens is 354 g/mol. The van der Waals surface area contributed by atoms with Gasteiger partial charge in [-0.15, -0.1) is 11.3 Å². The molecule has 0 fully saturated rings. The van der Waals surface area contributed by atoms with Gasteiger partial charge in [0.25, 0.3) is 5.22 Å². The molecule has 0 radical (unpaired) electrons. The van der Waals surface area contributed by atoms with Crippen LogP contribution in [-0.4, -0.2) is 21.6 Å². The minimum atomic E-state index is -0.103. The van der Waals surface area contributed by atoms with Crippen molar-refractivity contribution in [3.8, 4) is 10.6 Å². The van der Waals surface area contributed by atoms with Gasteiger partial charge in [-0.05, 0) is 36.4 Å². The topological polar surface area (TPSA) is 68.0 Å². The van der Waals surface area contributed by atoms with Gasteiger partial charge in [-0.1, -0.05) is 23.9 Å². The van der Waals surface area contributed by atoms with Gasteiger partial charge in [0.1, 0.15) is 10.5 Å². The Labute approximate surface area is 152 Å². The Balaban J connectivity index is 1.35. The molecule has 0 aliphatic rings. The zero-order valence-electron chi connectivity index (χ0n) is 13.0. The van der Waals surface area contributed by atoms with E-state index in [0.717, 1.165) is 27.4 Å². The normalized spacial score (nSPS) is 10.9. The Morgan fingerprint density at radius 2 is 2.00 bits per heavy atom. The molecule has 2 aromatic heterocycles. The summed E-state index contributed by atoms with van der Waals surface area (Å²) in [7, 11) is 0. The highest BCUT2D eigenvalue weighted by molar-refractivity contribution is 7.99. The van der Waals surface area contributed by atoms with Gasteiger partial charge in [-0.3, -0.25) is 4.79 Å². The predicted molar refractivity (Wildman–Crippen MR) is 101 cm³/mol. The number of nitrogens with one attached hydrogen (secondary N) is 1. The zero-order chi connectivity index (χ0) is 17.1. The van der Waals surface area contributed by atoms with Crippen LogP contribution in [0.2, 0.25) is 0 Å². The monoisotopic (exact) mass is 367 g/mol. The Hall–Kier alpha value is -2.64. The van der Waals surface area contributed by atoms with Crippen LogP contribution in [0.4, 0.5) is 5.69 Å². The lowest BCUT2D eigenvalue weighted by Crippen LogP contribution is -2.13. The van der Waals surface area contributed by atoms with Gasteiger partial charge in [-0.25, -0.2) is 9.97 Å². The first-order valence-corrected chi connectivity index (χ1v) is 9.42. The summed E-state index contributed by atoms with van der Waals surface area (Å²) in [6.07, 6.45) is 1.78. The SMILES string of the molecule is O=C(CSc1nc2ccccc2o1)Nc1ccc(-c2nccs2)cc1. The van der Waals surface area contributed by atoms with Crippen LogP contribution in [-0.2, 0) is 4.79 Å². The largest absolute Gasteiger partial charge is 0.431 e. The van der Waals surface area contributed by atoms with E-state index in [0.29, 0.717) is 5.22 Å². The van der Waals surface area contributed by atoms with Crippen LogP contribution in [0.3, 0.4) is 0 Å². The lowest BCUT2D eigenvalue weighted by atomic mass is 10.2. The molecule has 0 saturated heterocycles. The van der Waals surface area contributed by atoms with Crippen LogP contribution >= 0.6 is 23.1 Å². The van der Waals surface area contributed by atoms with E-state index >= 15 is 0 Å². The van der Waals surface area contributed by atoms with Crippen LogP contribution in [0.5, 0.6) is 0 Å². The van der Waals surface area contributed by atoms with Gasteiger partial charge < -0.3 is 9.73 Å². The molecule has 1 amide bonds. The van der Waals surface area contributed by atoms with Gasteiger partial charge in [0.05, 0.1) is 5.75 Å². The van der Waals surface area contributed by atoms with Crippen LogP contribution in [0, 0.1) is 0 Å². The quantitative estimate of drug-likeness (QED) is 0.519. The third-order valence-electron chi connectivity index (χ3n) is 3.45. The van der Waals surface area contributed by atoms with E-state index in [1.165, 1.54) is 11.8 Å². The van der Waals surface area contributed by atoms with Crippen molar-refractivity contribution in [3.63, 3.8) is 0 Å². The van der Waals surface area contributed by atoms with E-state index in [1.807, 2.05) is 53.9 Å². The fourth-order valence-corrected chi connectivity index (χ4v) is 3.58. The molecule has 0 unspecified atom stereocenters. The lowest BCUT2D eigenvalue weighted by Gasteiger charge is -2.04. The standard InChI is InChI=1S/C18H13N3O2S2/c22-16(11-25-18-21-14-3-1-2-4-15(14)23-18)20-13-7-5-12(6-8-13)17-19-9-10-24-17/h1-10H,11H2,(H,20,22). The second-order valence-corrected chi connectivity index (χ2v) is 7.02. The molecule has 5 nitrogen and oxygen atoms in total. The van der Waals surface area contributed by atoms with E-state index < -0.39 is 0 Å². The van der Waals surface area contributed by atoms with Crippen molar-refractivity contribution in [1.29, 1.82) is 0 Å². The maximum atomic E-state index is 12.1. The van der Waals surface area contributed by atoms with Crippen molar-refractivity contribution >= 4 is 45.8 Å². The summed E-state index contributed by atoms with van der Waals surface area (Å²) in [5, 5.41) is 6.27. The Kier molecular flexibility index (Phi) is 4.49. The number of hydrogen-bond donors (Lipinski definition) is 1. The number of oxazole rings is 1. The van der Waals surface area contributed by atoms with Gasteiger partial charge >= 0.3 is 0 Å². The summed E-state index contributed by atoms with van der Waals surface area (Å²) in [5.41, 5.74) is 3.31. The minimum Gasteiger partial charge on any atom is -0.431 e. The molecule has 0 aliphatic heterocycles. The number of benzene rings is 2. The second kappa shape index (κ2) is 7.08. The first-order valence-electron chi connectivity index (χ1n) is 7.56. The van der Waals surface area contributed by atoms with Crippen molar-refractivity contribution in [3.05, 3.63) is 60.1 Å². The number of hydrogen-bond acceptors (Lipinski definition) is 6. The third kappa shape index (κ3) is 3.72. The molecular formula is C18H13N3O2S2. The third-order valence-corrected chi connectivity index (χ3v) is 5.10. The molecule has 1 N–H and O–H groups in total. The Morgan fingerprint density at radius 3 is 2.76 bits per heavy atom. The van der Waals surface area contributed by atoms with Crippen LogP contribution in [0.25, 0.3) is 21.7 Å². The average molecular weight is 367 g/mol. The van der Waals surface area contributed by atoms with Crippen molar-refractivity contribution in [2.75, 3.05) is 11.1 Å². The maximum Gasteiger partial charge on any atom is 0.257 e. The Morgan fingerprint density at radius 1 is 1.16 bits per heavy atom. The Bertz CT molecular complexity index is 962. The number of amides is 1. The first-order chi connectivity index (χ1) is 12.3. The molecule has 7 heteroatoms. The molecule has 25 heavy (non-hydrogen) atoms. The van der Waals surface area contributed by atoms with E-state index in [9.17, 15) is 4.79 Å². The summed E-state index contributed by atoms with van der Waals surface area (Å²) >= 11 is 2.86. The predicted octanol–water partition coefficient (Wildman–Crippen LogP) is 4.68. The van der Waals surface area contributed by atoms with Crippen LogP contribution in [0.1, 0.15) is 0 Å². The number of anilines is 1. The van der Waals surface area contributed by atoms with Gasteiger partial charge in [0, 0.05) is 22.8 Å². The average Bonchev–Trinajstić information content (AvgIpc) is 3.30. The number of para-hydroxylation sites is 2. The van der Waals surface area contributed by atoms with Gasteiger partial charge in [0.15, 0.2) is 5.58 Å². The molecule has 4 rings (SSSR count). The van der Waals surface area contributed by atoms with Crippen LogP contribution < -0.4 is 5.32 Å². The summed E-state index contributed by atoms with van der Waals surface area (Å²) in [5.74, 6) is 0.135. The highest BCUT2D eigenvalue weighted by Gasteiger charge is 2.09. The van der Waals surface area contributed by atoms with Gasteiger partial charge in [-0.2, -0.15) is 0 Å². The van der Waals surface area contributed by atoms with Crippen molar-refractivity contribution in [2.24, 2.45) is 0 Å². The summed E-state index contributed by atoms with van der Waals surface area (Å²) < 4.78 is 5.59. The number of carbonyl (C=O) groups excluding carboxylic acids is 1. The highest BCUT2D eigenvalue weighted by atomic mass is 32.2. The molecule has 0 aliphatic carbocycles. The smallest absolute Gasteiger partial charge is 0.257 e. The molecule has 0 atom stereocenters. The second-order valence-electron chi connectivity index (χ2n) is 5.20. The first kappa shape index (κ1) is 15.9. The number of fused-ring (bicyclic) bond motifs is 1. The lowest BCUT2D eigenvalue weighted by molar-refractivity contribution is -0.113. The van der Waals surface area contributed by atoms with Gasteiger partial charge in [0.2, 0.25) is 5.91 Å². The molecule has 0 spiro atoms. The molecule has 4 aromatic rings. The molecule has 2 heterocycles. The summed E-state index contributed by atoms with van der Waals surface area (Å²) in [6.45, 7) is 0. The molecule has 2 aromatic carbocycles. The molecule has 124 valence electrons. The fourth-order valence-electron chi connectivity index (χ4n) is 2.30. The number of rotatable bonds is 5. The van der Waals surface area contributed by atoms with Crippen molar-refractivity contribution < 1.29 is 9.21 Å². The van der Waals surface area contributed by atoms with E-state index in [4.69, 9.17) is 4.42 Å². The fraction of sp³-hybridized carbons (Fsp3) is 0.0556. The molecule has 0 bridgehead atoms. The summed E-state index contributed by atoms with van der Waals surface area (Å²) in [6, 6.07) is 15.2. The van der Waals surface area contributed by atoms with E-state index in [2.05, 4.69) is 15.3 Å². The number of carbonyl (C=O) groups is 1. The number of thioether (sulfide) groups is 1. The van der Waals surface area contributed by atoms with E-state index in [-0.39, 0.29) is 11.7 Å². The van der Waals surface area contributed by atoms with E-state index in [1.54, 1.807) is 17.5 Å². The van der Waals surface area contributed by atoms with Crippen molar-refractivity contribution in [2.45, 2.75) is 5.22 Å². The minimum absolute atomic E-state index is 0.103.